The third-order valence-electron chi connectivity index (χ3n) is 5.23. The first-order chi connectivity index (χ1) is 14.6. The fourth-order valence-electron chi connectivity index (χ4n) is 4.00. The van der Waals surface area contributed by atoms with Crippen molar-refractivity contribution in [1.82, 2.24) is 0 Å². The zero-order valence-corrected chi connectivity index (χ0v) is 24.3. The van der Waals surface area contributed by atoms with E-state index in [0.29, 0.717) is 0 Å². The van der Waals surface area contributed by atoms with Gasteiger partial charge in [-0.15, -0.1) is 11.1 Å². The molecule has 4 aromatic carbocycles. The van der Waals surface area contributed by atoms with Gasteiger partial charge in [0.2, 0.25) is 0 Å². The number of benzene rings is 4. The van der Waals surface area contributed by atoms with Gasteiger partial charge in [-0.2, -0.15) is 59.7 Å². The van der Waals surface area contributed by atoms with E-state index in [1.54, 1.807) is 21.6 Å². The summed E-state index contributed by atoms with van der Waals surface area (Å²) in [6, 6.07) is 36.2. The molecular formula is C28H24Cl2GeZr-2. The quantitative estimate of drug-likeness (QED) is 0.181. The van der Waals surface area contributed by atoms with Gasteiger partial charge in [0, 0.05) is 0 Å². The van der Waals surface area contributed by atoms with Gasteiger partial charge in [-0.1, -0.05) is 70.8 Å². The van der Waals surface area contributed by atoms with Gasteiger partial charge in [0.25, 0.3) is 0 Å². The first-order valence-corrected chi connectivity index (χ1v) is 21.9. The van der Waals surface area contributed by atoms with E-state index in [9.17, 15) is 0 Å². The predicted octanol–water partition coefficient (Wildman–Crippen LogP) is 0.908. The summed E-state index contributed by atoms with van der Waals surface area (Å²) in [5, 5.41) is 0. The van der Waals surface area contributed by atoms with Crippen LogP contribution >= 0.6 is 0 Å². The average molecular weight is 595 g/mol. The smallest absolute Gasteiger partial charge is 0.0253 e. The molecule has 4 aromatic rings. The van der Waals surface area contributed by atoms with Crippen LogP contribution in [0.25, 0.3) is 22.3 Å². The van der Waals surface area contributed by atoms with Crippen molar-refractivity contribution in [3.8, 4) is 22.3 Å². The molecule has 0 N–H and O–H groups in total. The molecule has 0 atom stereocenters. The maximum atomic E-state index is 3.30. The Kier molecular flexibility index (Phi) is 11.0. The zero-order chi connectivity index (χ0) is 20.9. The molecule has 2 aliphatic rings. The Morgan fingerprint density at radius 2 is 0.938 bits per heavy atom. The van der Waals surface area contributed by atoms with Crippen molar-refractivity contribution < 1.29 is 46.4 Å². The van der Waals surface area contributed by atoms with Crippen LogP contribution in [0, 0.1) is 12.1 Å². The first kappa shape index (κ1) is 27.1. The fraction of sp³-hybridized carbons (Fsp3) is 0.143. The molecule has 0 bridgehead atoms. The van der Waals surface area contributed by atoms with Crippen molar-refractivity contribution in [1.29, 1.82) is 0 Å². The van der Waals surface area contributed by atoms with Crippen LogP contribution in [0.15, 0.2) is 84.9 Å². The standard InChI is InChI=1S/2C13H9.C2H6Ge.2ClH.Zr/c2*1-3-7-12-10(5-1)9-11-6-2-4-8-13(11)12;1-3-2;;;/h2*1-5,7-8H,9H2;1-2H3;2*1H;/q2*-1;;;;+2/p-2. The minimum absolute atomic E-state index is 0. The Morgan fingerprint density at radius 1 is 0.594 bits per heavy atom. The van der Waals surface area contributed by atoms with Gasteiger partial charge in [0.05, 0.1) is 0 Å². The third kappa shape index (κ3) is 6.48. The molecule has 0 amide bonds. The second kappa shape index (κ2) is 12.9. The Bertz CT molecular complexity index is 1020. The number of rotatable bonds is 0. The third-order valence-corrected chi connectivity index (χ3v) is 5.23. The molecular weight excluding hydrogens is 571 g/mol. The molecule has 160 valence electrons. The maximum Gasteiger partial charge on any atom is -0.0253 e. The van der Waals surface area contributed by atoms with Gasteiger partial charge in [-0.25, -0.2) is 0 Å². The van der Waals surface area contributed by atoms with Crippen LogP contribution in [0.3, 0.4) is 0 Å². The monoisotopic (exact) mass is 594 g/mol. The van der Waals surface area contributed by atoms with E-state index in [1.807, 2.05) is 12.1 Å². The summed E-state index contributed by atoms with van der Waals surface area (Å²) in [6.45, 7) is 0. The summed E-state index contributed by atoms with van der Waals surface area (Å²) in [5.41, 5.74) is 11.0. The van der Waals surface area contributed by atoms with Crippen LogP contribution in [-0.4, -0.2) is 9.98 Å². The molecule has 0 aromatic heterocycles. The predicted molar refractivity (Wildman–Crippen MR) is 125 cm³/mol. The van der Waals surface area contributed by atoms with Crippen molar-refractivity contribution in [2.24, 2.45) is 0 Å². The second-order valence-corrected chi connectivity index (χ2v) is 24.8. The molecule has 0 unspecified atom stereocenters. The molecule has 0 nitrogen and oxygen atoms in total. The van der Waals surface area contributed by atoms with Crippen molar-refractivity contribution in [3.05, 3.63) is 119 Å². The Morgan fingerprint density at radius 3 is 1.34 bits per heavy atom. The summed E-state index contributed by atoms with van der Waals surface area (Å²) in [5.74, 6) is 4.75. The van der Waals surface area contributed by atoms with E-state index >= 15 is 0 Å². The average Bonchev–Trinajstić information content (AvgIpc) is 3.32. The van der Waals surface area contributed by atoms with Gasteiger partial charge >= 0.3 is 43.1 Å². The topological polar surface area (TPSA) is 0 Å². The van der Waals surface area contributed by atoms with Gasteiger partial charge < -0.3 is 24.8 Å². The molecule has 0 saturated heterocycles. The summed E-state index contributed by atoms with van der Waals surface area (Å²) in [7, 11) is -0.243. The van der Waals surface area contributed by atoms with Crippen LogP contribution in [0.5, 0.6) is 0 Å². The van der Waals surface area contributed by atoms with Crippen LogP contribution < -0.4 is 24.8 Å². The Balaban J connectivity index is 0.000000185. The van der Waals surface area contributed by atoms with Crippen molar-refractivity contribution in [2.75, 3.05) is 0 Å². The van der Waals surface area contributed by atoms with E-state index in [4.69, 9.17) is 0 Å². The largest absolute Gasteiger partial charge is 1.00 e. The zero-order valence-electron chi connectivity index (χ0n) is 18.3. The van der Waals surface area contributed by atoms with Gasteiger partial charge in [0.1, 0.15) is 0 Å². The van der Waals surface area contributed by atoms with E-state index in [2.05, 4.69) is 96.4 Å². The number of halogens is 2. The molecule has 2 aliphatic carbocycles. The molecule has 0 saturated carbocycles. The van der Waals surface area contributed by atoms with Crippen molar-refractivity contribution >= 4 is 9.98 Å². The first-order valence-electron chi connectivity index (χ1n) is 10.3. The van der Waals surface area contributed by atoms with E-state index in [0.717, 1.165) is 12.8 Å². The fourth-order valence-corrected chi connectivity index (χ4v) is 4.00. The van der Waals surface area contributed by atoms with Gasteiger partial charge in [-0.05, 0) is 12.8 Å². The molecule has 0 fully saturated rings. The number of hydrogen-bond donors (Lipinski definition) is 0. The molecule has 4 heteroatoms. The van der Waals surface area contributed by atoms with E-state index in [1.165, 1.54) is 44.5 Å². The summed E-state index contributed by atoms with van der Waals surface area (Å²) in [6.07, 6.45) is 2.10. The van der Waals surface area contributed by atoms with E-state index in [-0.39, 0.29) is 34.8 Å². The van der Waals surface area contributed by atoms with Gasteiger partial charge in [0.15, 0.2) is 0 Å². The molecule has 0 heterocycles. The van der Waals surface area contributed by atoms with E-state index < -0.39 is 0 Å². The summed E-state index contributed by atoms with van der Waals surface area (Å²) in [4.78, 5) is 0. The van der Waals surface area contributed by atoms with Crippen LogP contribution in [0.2, 0.25) is 11.5 Å². The van der Waals surface area contributed by atoms with Crippen LogP contribution in [0.4, 0.5) is 0 Å². The van der Waals surface area contributed by atoms with Crippen LogP contribution in [0.1, 0.15) is 22.3 Å². The molecule has 0 aliphatic heterocycles. The molecule has 32 heavy (non-hydrogen) atoms. The minimum Gasteiger partial charge on any atom is -1.00 e. The van der Waals surface area contributed by atoms with Crippen molar-refractivity contribution in [2.45, 2.75) is 24.4 Å². The Hall–Kier alpha value is -1.11. The normalized spacial score (nSPS) is 10.9. The van der Waals surface area contributed by atoms with Crippen LogP contribution in [-0.2, 0) is 34.4 Å². The molecule has 0 radical (unpaired) electrons. The van der Waals surface area contributed by atoms with Gasteiger partial charge in [-0.3, -0.25) is 0 Å². The second-order valence-electron chi connectivity index (χ2n) is 7.79. The number of fused-ring (bicyclic) bond motifs is 6. The number of hydrogen-bond acceptors (Lipinski definition) is 0. The Labute approximate surface area is 220 Å². The molecule has 6 rings (SSSR count). The SMILES string of the molecule is [CH3][Ge]([CH3])=[Zr+2].[Cl-].[Cl-].[c-]1cccc2c1Cc1ccccc1-2.[c-]1cccc2c1Cc1ccccc1-2. The van der Waals surface area contributed by atoms with Crippen molar-refractivity contribution in [3.63, 3.8) is 0 Å². The summed E-state index contributed by atoms with van der Waals surface area (Å²) >= 11 is 1.80. The summed E-state index contributed by atoms with van der Waals surface area (Å²) < 4.78 is 0. The maximum absolute atomic E-state index is 3.30. The molecule has 0 spiro atoms. The minimum atomic E-state index is -0.243.